The van der Waals surface area contributed by atoms with Crippen molar-refractivity contribution < 1.29 is 9.59 Å². The molecule has 1 fully saturated rings. The molecule has 1 N–H and O–H groups in total. The number of carbonyl (C=O) groups excluding carboxylic acids is 2. The van der Waals surface area contributed by atoms with Gasteiger partial charge in [-0.3, -0.25) is 9.59 Å². The summed E-state index contributed by atoms with van der Waals surface area (Å²) in [6.07, 6.45) is 1.93. The summed E-state index contributed by atoms with van der Waals surface area (Å²) in [7, 11) is 0. The van der Waals surface area contributed by atoms with Gasteiger partial charge in [0, 0.05) is 24.6 Å². The van der Waals surface area contributed by atoms with Crippen molar-refractivity contribution in [3.05, 3.63) is 11.8 Å². The van der Waals surface area contributed by atoms with Crippen LogP contribution in [-0.2, 0) is 16.1 Å². The summed E-state index contributed by atoms with van der Waals surface area (Å²) in [4.78, 5) is 26.9. The Morgan fingerprint density at radius 2 is 2.16 bits per heavy atom. The zero-order valence-corrected chi connectivity index (χ0v) is 15.5. The Bertz CT molecular complexity index is 681. The fourth-order valence-corrected chi connectivity index (χ4v) is 3.05. The van der Waals surface area contributed by atoms with Crippen molar-refractivity contribution >= 4 is 17.6 Å². The third kappa shape index (κ3) is 4.81. The molecule has 0 spiro atoms. The van der Waals surface area contributed by atoms with Crippen LogP contribution >= 0.6 is 0 Å². The molecule has 7 nitrogen and oxygen atoms in total. The van der Waals surface area contributed by atoms with Gasteiger partial charge in [0.05, 0.1) is 30.6 Å². The molecule has 0 aromatic carbocycles. The zero-order valence-electron chi connectivity index (χ0n) is 15.5. The van der Waals surface area contributed by atoms with Gasteiger partial charge in [-0.15, -0.1) is 0 Å². The number of amides is 2. The van der Waals surface area contributed by atoms with E-state index >= 15 is 0 Å². The highest BCUT2D eigenvalue weighted by molar-refractivity contribution is 5.92. The molecule has 1 aromatic rings. The second-order valence-corrected chi connectivity index (χ2v) is 7.63. The first-order valence-electron chi connectivity index (χ1n) is 8.74. The molecule has 0 bridgehead atoms. The quantitative estimate of drug-likeness (QED) is 0.906. The summed E-state index contributed by atoms with van der Waals surface area (Å²) >= 11 is 0. The number of aryl methyl sites for hydroxylation is 2. The van der Waals surface area contributed by atoms with Crippen molar-refractivity contribution in [1.29, 1.82) is 5.26 Å². The number of hydrogen-bond donors (Lipinski definition) is 1. The molecule has 7 heteroatoms. The molecule has 0 radical (unpaired) electrons. The zero-order chi connectivity index (χ0) is 18.6. The van der Waals surface area contributed by atoms with Crippen molar-refractivity contribution in [2.24, 2.45) is 11.3 Å². The molecule has 1 unspecified atom stereocenters. The van der Waals surface area contributed by atoms with Crippen LogP contribution in [0.25, 0.3) is 0 Å². The van der Waals surface area contributed by atoms with Gasteiger partial charge in [0.2, 0.25) is 11.8 Å². The summed E-state index contributed by atoms with van der Waals surface area (Å²) in [5, 5.41) is 16.0. The average Bonchev–Trinajstić information content (AvgIpc) is 2.90. The van der Waals surface area contributed by atoms with Crippen LogP contribution in [0.1, 0.15) is 45.7 Å². The van der Waals surface area contributed by atoms with Gasteiger partial charge >= 0.3 is 0 Å². The highest BCUT2D eigenvalue weighted by Crippen LogP contribution is 2.24. The smallest absolute Gasteiger partial charge is 0.230 e. The Kier molecular flexibility index (Phi) is 5.83. The molecule has 136 valence electrons. The normalized spacial score (nSPS) is 17.9. The van der Waals surface area contributed by atoms with Gasteiger partial charge < -0.3 is 10.2 Å². The predicted molar refractivity (Wildman–Crippen MR) is 94.6 cm³/mol. The minimum absolute atomic E-state index is 0.0832. The fourth-order valence-electron chi connectivity index (χ4n) is 3.05. The number of anilines is 1. The number of aromatic nitrogens is 2. The molecule has 1 atom stereocenters. The van der Waals surface area contributed by atoms with Crippen LogP contribution in [0.5, 0.6) is 0 Å². The first-order chi connectivity index (χ1) is 11.7. The van der Waals surface area contributed by atoms with E-state index in [0.29, 0.717) is 31.9 Å². The minimum Gasteiger partial charge on any atom is -0.341 e. The SMILES string of the molecule is Cc1cc(NC(=O)C2CCCN(C(=O)C(C)(C)C)C2)n(CCC#N)n1. The standard InChI is InChI=1S/C18H27N5O2/c1-13-11-15(23(21-13)10-6-8-19)20-16(24)14-7-5-9-22(12-14)17(25)18(2,3)4/h11,14H,5-7,9-10,12H2,1-4H3,(H,20,24). The molecule has 1 saturated heterocycles. The van der Waals surface area contributed by atoms with Crippen LogP contribution in [0.4, 0.5) is 5.82 Å². The lowest BCUT2D eigenvalue weighted by Gasteiger charge is -2.35. The second kappa shape index (κ2) is 7.68. The largest absolute Gasteiger partial charge is 0.341 e. The average molecular weight is 345 g/mol. The fraction of sp³-hybridized carbons (Fsp3) is 0.667. The predicted octanol–water partition coefficient (Wildman–Crippen LogP) is 2.33. The first kappa shape index (κ1) is 19.0. The summed E-state index contributed by atoms with van der Waals surface area (Å²) in [5.41, 5.74) is 0.354. The van der Waals surface area contributed by atoms with Crippen LogP contribution in [0.15, 0.2) is 6.07 Å². The molecule has 2 amide bonds. The summed E-state index contributed by atoms with van der Waals surface area (Å²) in [6.45, 7) is 9.15. The molecule has 25 heavy (non-hydrogen) atoms. The van der Waals surface area contributed by atoms with E-state index in [1.165, 1.54) is 0 Å². The first-order valence-corrected chi connectivity index (χ1v) is 8.74. The lowest BCUT2D eigenvalue weighted by Crippen LogP contribution is -2.47. The van der Waals surface area contributed by atoms with Gasteiger partial charge in [-0.2, -0.15) is 10.4 Å². The lowest BCUT2D eigenvalue weighted by atomic mass is 9.91. The Balaban J connectivity index is 2.04. The number of hydrogen-bond acceptors (Lipinski definition) is 4. The number of likely N-dealkylation sites (tertiary alicyclic amines) is 1. The van der Waals surface area contributed by atoms with Crippen molar-refractivity contribution in [3.63, 3.8) is 0 Å². The number of nitriles is 1. The molecular weight excluding hydrogens is 318 g/mol. The minimum atomic E-state index is -0.439. The Hall–Kier alpha value is -2.36. The molecule has 1 aliphatic rings. The Labute approximate surface area is 149 Å². The third-order valence-corrected chi connectivity index (χ3v) is 4.31. The van der Waals surface area contributed by atoms with Crippen LogP contribution < -0.4 is 5.32 Å². The van der Waals surface area contributed by atoms with Gasteiger partial charge in [-0.05, 0) is 19.8 Å². The van der Waals surface area contributed by atoms with E-state index in [1.54, 1.807) is 15.6 Å². The molecule has 0 aliphatic carbocycles. The Morgan fingerprint density at radius 3 is 2.80 bits per heavy atom. The van der Waals surface area contributed by atoms with Gasteiger partial charge in [0.15, 0.2) is 0 Å². The van der Waals surface area contributed by atoms with Crippen LogP contribution in [0, 0.1) is 29.6 Å². The number of nitrogens with one attached hydrogen (secondary N) is 1. The Morgan fingerprint density at radius 1 is 1.44 bits per heavy atom. The van der Waals surface area contributed by atoms with Gasteiger partial charge in [-0.25, -0.2) is 4.68 Å². The molecule has 1 aromatic heterocycles. The van der Waals surface area contributed by atoms with Crippen LogP contribution in [-0.4, -0.2) is 39.6 Å². The summed E-state index contributed by atoms with van der Waals surface area (Å²) < 4.78 is 1.65. The monoisotopic (exact) mass is 345 g/mol. The van der Waals surface area contributed by atoms with Crippen LogP contribution in [0.3, 0.4) is 0 Å². The molecular formula is C18H27N5O2. The molecule has 2 rings (SSSR count). The highest BCUT2D eigenvalue weighted by atomic mass is 16.2. The number of piperidine rings is 1. The molecule has 0 saturated carbocycles. The highest BCUT2D eigenvalue weighted by Gasteiger charge is 2.33. The third-order valence-electron chi connectivity index (χ3n) is 4.31. The number of carbonyl (C=O) groups is 2. The maximum Gasteiger partial charge on any atom is 0.230 e. The van der Waals surface area contributed by atoms with E-state index < -0.39 is 5.41 Å². The maximum atomic E-state index is 12.7. The van der Waals surface area contributed by atoms with Gasteiger partial charge in [0.1, 0.15) is 5.82 Å². The van der Waals surface area contributed by atoms with Crippen molar-refractivity contribution in [1.82, 2.24) is 14.7 Å². The molecule has 2 heterocycles. The van der Waals surface area contributed by atoms with E-state index in [-0.39, 0.29) is 17.7 Å². The second-order valence-electron chi connectivity index (χ2n) is 7.63. The number of rotatable bonds is 4. The van der Waals surface area contributed by atoms with E-state index in [4.69, 9.17) is 5.26 Å². The lowest BCUT2D eigenvalue weighted by molar-refractivity contribution is -0.142. The van der Waals surface area contributed by atoms with E-state index in [9.17, 15) is 9.59 Å². The van der Waals surface area contributed by atoms with E-state index in [1.807, 2.05) is 27.7 Å². The van der Waals surface area contributed by atoms with Gasteiger partial charge in [-0.1, -0.05) is 20.8 Å². The van der Waals surface area contributed by atoms with Crippen molar-refractivity contribution in [2.75, 3.05) is 18.4 Å². The van der Waals surface area contributed by atoms with E-state index in [0.717, 1.165) is 18.5 Å². The van der Waals surface area contributed by atoms with Crippen LogP contribution in [0.2, 0.25) is 0 Å². The van der Waals surface area contributed by atoms with Gasteiger partial charge in [0.25, 0.3) is 0 Å². The van der Waals surface area contributed by atoms with Crippen molar-refractivity contribution in [3.8, 4) is 6.07 Å². The summed E-state index contributed by atoms with van der Waals surface area (Å²) in [5.74, 6) is 0.376. The maximum absolute atomic E-state index is 12.7. The van der Waals surface area contributed by atoms with Crippen molar-refractivity contribution in [2.45, 2.75) is 53.5 Å². The van der Waals surface area contributed by atoms with E-state index in [2.05, 4.69) is 16.5 Å². The molecule has 1 aliphatic heterocycles. The topological polar surface area (TPSA) is 91.0 Å². The number of nitrogens with zero attached hydrogens (tertiary/aromatic N) is 4. The summed E-state index contributed by atoms with van der Waals surface area (Å²) in [6, 6.07) is 3.89.